The third kappa shape index (κ3) is 3.90. The Morgan fingerprint density at radius 2 is 1.85 bits per heavy atom. The van der Waals surface area contributed by atoms with E-state index < -0.39 is 0 Å². The molecule has 1 N–H and O–H groups in total. The van der Waals surface area contributed by atoms with E-state index in [9.17, 15) is 4.79 Å². The van der Waals surface area contributed by atoms with E-state index in [0.717, 1.165) is 31.5 Å². The third-order valence-electron chi connectivity index (χ3n) is 4.22. The molecule has 3 heteroatoms. The topological polar surface area (TPSA) is 32.3 Å². The number of piperidine rings is 1. The molecule has 1 aromatic rings. The summed E-state index contributed by atoms with van der Waals surface area (Å²) in [5, 5.41) is 3.36. The number of carbonyl (C=O) groups excluding carboxylic acids is 1. The van der Waals surface area contributed by atoms with E-state index in [1.807, 2.05) is 12.1 Å². The highest BCUT2D eigenvalue weighted by atomic mass is 16.1. The first-order valence-electron chi connectivity index (χ1n) is 7.62. The molecule has 0 spiro atoms. The zero-order chi connectivity index (χ0) is 14.5. The highest BCUT2D eigenvalue weighted by Gasteiger charge is 2.20. The minimum Gasteiger partial charge on any atom is -0.317 e. The van der Waals surface area contributed by atoms with Gasteiger partial charge in [-0.1, -0.05) is 38.1 Å². The predicted molar refractivity (Wildman–Crippen MR) is 83.4 cm³/mol. The van der Waals surface area contributed by atoms with Gasteiger partial charge >= 0.3 is 0 Å². The van der Waals surface area contributed by atoms with Gasteiger partial charge in [0.1, 0.15) is 0 Å². The highest BCUT2D eigenvalue weighted by molar-refractivity contribution is 5.97. The van der Waals surface area contributed by atoms with Crippen molar-refractivity contribution in [1.82, 2.24) is 10.2 Å². The summed E-state index contributed by atoms with van der Waals surface area (Å²) in [4.78, 5) is 14.5. The second kappa shape index (κ2) is 7.00. The average Bonchev–Trinajstić information content (AvgIpc) is 2.48. The molecule has 110 valence electrons. The maximum Gasteiger partial charge on any atom is 0.176 e. The van der Waals surface area contributed by atoms with Crippen molar-refractivity contribution >= 4 is 5.78 Å². The molecule has 0 saturated carbocycles. The largest absolute Gasteiger partial charge is 0.317 e. The lowest BCUT2D eigenvalue weighted by Crippen LogP contribution is -2.43. The van der Waals surface area contributed by atoms with Crippen LogP contribution in [-0.2, 0) is 0 Å². The van der Waals surface area contributed by atoms with Gasteiger partial charge in [0.2, 0.25) is 0 Å². The lowest BCUT2D eigenvalue weighted by atomic mass is 10.00. The first-order valence-corrected chi connectivity index (χ1v) is 7.62. The van der Waals surface area contributed by atoms with E-state index in [1.165, 1.54) is 5.56 Å². The van der Waals surface area contributed by atoms with Crippen molar-refractivity contribution in [2.75, 3.05) is 26.7 Å². The third-order valence-corrected chi connectivity index (χ3v) is 4.22. The lowest BCUT2D eigenvalue weighted by molar-refractivity contribution is 0.0903. The van der Waals surface area contributed by atoms with Crippen LogP contribution < -0.4 is 5.32 Å². The average molecular weight is 274 g/mol. The Balaban J connectivity index is 1.93. The molecule has 0 radical (unpaired) electrons. The van der Waals surface area contributed by atoms with Crippen molar-refractivity contribution in [3.63, 3.8) is 0 Å². The van der Waals surface area contributed by atoms with E-state index in [2.05, 4.69) is 43.2 Å². The number of likely N-dealkylation sites (N-methyl/N-ethyl adjacent to an activating group) is 1. The Bertz CT molecular complexity index is 433. The molecule has 0 aliphatic carbocycles. The van der Waals surface area contributed by atoms with Gasteiger partial charge in [0.15, 0.2) is 5.78 Å². The number of Topliss-reactive ketones (excluding diaryl/α,β-unsaturated/α-hetero) is 1. The smallest absolute Gasteiger partial charge is 0.176 e. The number of ketones is 1. The summed E-state index contributed by atoms with van der Waals surface area (Å²) in [7, 11) is 2.07. The summed E-state index contributed by atoms with van der Waals surface area (Å²) >= 11 is 0. The summed E-state index contributed by atoms with van der Waals surface area (Å²) in [6, 6.07) is 8.61. The van der Waals surface area contributed by atoms with Gasteiger partial charge in [0.05, 0.1) is 6.54 Å². The van der Waals surface area contributed by atoms with Gasteiger partial charge in [-0.2, -0.15) is 0 Å². The molecule has 1 aromatic carbocycles. The molecule has 0 unspecified atom stereocenters. The first kappa shape index (κ1) is 15.2. The minimum atomic E-state index is 0.223. The van der Waals surface area contributed by atoms with Crippen LogP contribution in [0.25, 0.3) is 0 Å². The monoisotopic (exact) mass is 274 g/mol. The van der Waals surface area contributed by atoms with Gasteiger partial charge in [-0.05, 0) is 44.5 Å². The van der Waals surface area contributed by atoms with Crippen molar-refractivity contribution in [3.05, 3.63) is 35.4 Å². The van der Waals surface area contributed by atoms with Crippen LogP contribution in [0, 0.1) is 0 Å². The van der Waals surface area contributed by atoms with Crippen molar-refractivity contribution in [2.24, 2.45) is 0 Å². The first-order chi connectivity index (χ1) is 9.58. The van der Waals surface area contributed by atoms with Gasteiger partial charge in [0.25, 0.3) is 0 Å². The molecule has 1 heterocycles. The van der Waals surface area contributed by atoms with Crippen molar-refractivity contribution in [1.29, 1.82) is 0 Å². The Morgan fingerprint density at radius 3 is 2.40 bits per heavy atom. The number of benzene rings is 1. The fraction of sp³-hybridized carbons (Fsp3) is 0.588. The Hall–Kier alpha value is -1.19. The highest BCUT2D eigenvalue weighted by Crippen LogP contribution is 2.16. The molecule has 0 atom stereocenters. The van der Waals surface area contributed by atoms with Gasteiger partial charge in [-0.3, -0.25) is 9.69 Å². The number of rotatable bonds is 5. The van der Waals surface area contributed by atoms with Crippen LogP contribution >= 0.6 is 0 Å². The fourth-order valence-corrected chi connectivity index (χ4v) is 2.75. The lowest BCUT2D eigenvalue weighted by Gasteiger charge is -2.31. The standard InChI is InChI=1S/C17H26N2O/c1-13(2)14-4-6-15(7-5-14)17(20)12-19(3)16-8-10-18-11-9-16/h4-7,13,16,18H,8-12H2,1-3H3. The Labute approximate surface area is 122 Å². The van der Waals surface area contributed by atoms with Crippen molar-refractivity contribution < 1.29 is 4.79 Å². The molecule has 1 aliphatic rings. The molecule has 1 aliphatic heterocycles. The normalized spacial score (nSPS) is 16.9. The number of nitrogens with zero attached hydrogens (tertiary/aromatic N) is 1. The molecule has 0 amide bonds. The van der Waals surface area contributed by atoms with Gasteiger partial charge in [-0.15, -0.1) is 0 Å². The van der Waals surface area contributed by atoms with E-state index in [1.54, 1.807) is 0 Å². The predicted octanol–water partition coefficient (Wildman–Crippen LogP) is 2.68. The second-order valence-electron chi connectivity index (χ2n) is 6.10. The van der Waals surface area contributed by atoms with Gasteiger partial charge in [-0.25, -0.2) is 0 Å². The quantitative estimate of drug-likeness (QED) is 0.838. The molecule has 1 fully saturated rings. The molecule has 0 aromatic heterocycles. The van der Waals surface area contributed by atoms with Crippen LogP contribution in [0.3, 0.4) is 0 Å². The van der Waals surface area contributed by atoms with Crippen molar-refractivity contribution in [2.45, 2.75) is 38.6 Å². The van der Waals surface area contributed by atoms with Gasteiger partial charge < -0.3 is 5.32 Å². The van der Waals surface area contributed by atoms with Crippen LogP contribution in [-0.4, -0.2) is 43.4 Å². The van der Waals surface area contributed by atoms with Crippen LogP contribution in [0.15, 0.2) is 24.3 Å². The summed E-state index contributed by atoms with van der Waals surface area (Å²) in [6.45, 7) is 6.98. The van der Waals surface area contributed by atoms with Crippen LogP contribution in [0.4, 0.5) is 0 Å². The van der Waals surface area contributed by atoms with Crippen LogP contribution in [0.2, 0.25) is 0 Å². The van der Waals surface area contributed by atoms with E-state index >= 15 is 0 Å². The SMILES string of the molecule is CC(C)c1ccc(C(=O)CN(C)C2CCNCC2)cc1. The number of carbonyl (C=O) groups is 1. The molecule has 0 bridgehead atoms. The zero-order valence-corrected chi connectivity index (χ0v) is 12.9. The Morgan fingerprint density at radius 1 is 1.25 bits per heavy atom. The number of hydrogen-bond donors (Lipinski definition) is 1. The summed E-state index contributed by atoms with van der Waals surface area (Å²) in [5.41, 5.74) is 2.11. The summed E-state index contributed by atoms with van der Waals surface area (Å²) in [6.07, 6.45) is 2.27. The maximum absolute atomic E-state index is 12.3. The summed E-state index contributed by atoms with van der Waals surface area (Å²) in [5.74, 6) is 0.734. The fourth-order valence-electron chi connectivity index (χ4n) is 2.75. The maximum atomic E-state index is 12.3. The van der Waals surface area contributed by atoms with Gasteiger partial charge in [0, 0.05) is 11.6 Å². The van der Waals surface area contributed by atoms with E-state index in [4.69, 9.17) is 0 Å². The number of nitrogens with one attached hydrogen (secondary N) is 1. The zero-order valence-electron chi connectivity index (χ0n) is 12.9. The minimum absolute atomic E-state index is 0.223. The van der Waals surface area contributed by atoms with Crippen molar-refractivity contribution in [3.8, 4) is 0 Å². The molecular formula is C17H26N2O. The molecule has 3 nitrogen and oxygen atoms in total. The van der Waals surface area contributed by atoms with Crippen LogP contribution in [0.5, 0.6) is 0 Å². The molecule has 1 saturated heterocycles. The van der Waals surface area contributed by atoms with E-state index in [-0.39, 0.29) is 5.78 Å². The molecule has 2 rings (SSSR count). The van der Waals surface area contributed by atoms with Crippen LogP contribution in [0.1, 0.15) is 48.5 Å². The second-order valence-corrected chi connectivity index (χ2v) is 6.10. The molecule has 20 heavy (non-hydrogen) atoms. The summed E-state index contributed by atoms with van der Waals surface area (Å²) < 4.78 is 0. The Kier molecular flexibility index (Phi) is 5.32. The number of hydrogen-bond acceptors (Lipinski definition) is 3. The van der Waals surface area contributed by atoms with E-state index in [0.29, 0.717) is 18.5 Å². The molecular weight excluding hydrogens is 248 g/mol.